The summed E-state index contributed by atoms with van der Waals surface area (Å²) in [6.45, 7) is 8.10. The van der Waals surface area contributed by atoms with E-state index in [-0.39, 0.29) is 0 Å². The van der Waals surface area contributed by atoms with Crippen molar-refractivity contribution in [1.29, 1.82) is 0 Å². The Balaban J connectivity index is 1.95. The molecule has 0 aliphatic rings. The third-order valence-corrected chi connectivity index (χ3v) is 3.49. The predicted molar refractivity (Wildman–Crippen MR) is 93.7 cm³/mol. The van der Waals surface area contributed by atoms with Crippen molar-refractivity contribution < 1.29 is 4.52 Å². The summed E-state index contributed by atoms with van der Waals surface area (Å²) in [7, 11) is 0. The Morgan fingerprint density at radius 2 is 2.13 bits per heavy atom. The molecule has 23 heavy (non-hydrogen) atoms. The number of guanidine groups is 1. The average molecular weight is 335 g/mol. The molecule has 124 valence electrons. The predicted octanol–water partition coefficient (Wildman–Crippen LogP) is 3.71. The van der Waals surface area contributed by atoms with Crippen molar-refractivity contribution >= 4 is 17.6 Å². The molecule has 0 aliphatic heterocycles. The van der Waals surface area contributed by atoms with Crippen LogP contribution in [0.25, 0.3) is 0 Å². The molecule has 2 aromatic rings. The summed E-state index contributed by atoms with van der Waals surface area (Å²) in [6, 6.07) is 9.67. The van der Waals surface area contributed by atoms with Crippen LogP contribution in [-0.2, 0) is 13.1 Å². The molecule has 0 fully saturated rings. The van der Waals surface area contributed by atoms with Crippen LogP contribution in [-0.4, -0.2) is 17.7 Å². The molecular formula is C17H23ClN4O. The molecule has 1 aromatic heterocycles. The lowest BCUT2D eigenvalue weighted by Crippen LogP contribution is -2.36. The third-order valence-electron chi connectivity index (χ3n) is 3.25. The van der Waals surface area contributed by atoms with Gasteiger partial charge in [-0.2, -0.15) is 0 Å². The van der Waals surface area contributed by atoms with Gasteiger partial charge in [-0.15, -0.1) is 0 Å². The second kappa shape index (κ2) is 8.58. The van der Waals surface area contributed by atoms with Crippen molar-refractivity contribution in [2.24, 2.45) is 4.99 Å². The second-order valence-corrected chi connectivity index (χ2v) is 5.99. The van der Waals surface area contributed by atoms with Gasteiger partial charge >= 0.3 is 0 Å². The Morgan fingerprint density at radius 3 is 2.78 bits per heavy atom. The van der Waals surface area contributed by atoms with E-state index < -0.39 is 0 Å². The van der Waals surface area contributed by atoms with Gasteiger partial charge in [-0.05, 0) is 30.5 Å². The van der Waals surface area contributed by atoms with E-state index in [0.29, 0.717) is 19.0 Å². The SMILES string of the molecule is CCNC(=NCc1cccc(Cl)c1)NCc1cc(C(C)C)no1. The average Bonchev–Trinajstić information content (AvgIpc) is 2.99. The van der Waals surface area contributed by atoms with E-state index >= 15 is 0 Å². The van der Waals surface area contributed by atoms with Crippen LogP contribution in [0.5, 0.6) is 0 Å². The van der Waals surface area contributed by atoms with Crippen LogP contribution in [0.2, 0.25) is 5.02 Å². The molecule has 6 heteroatoms. The van der Waals surface area contributed by atoms with Gasteiger partial charge in [0.15, 0.2) is 11.7 Å². The minimum absolute atomic E-state index is 0.359. The minimum atomic E-state index is 0.359. The van der Waals surface area contributed by atoms with Crippen molar-refractivity contribution in [2.45, 2.75) is 39.8 Å². The Labute approximate surface area is 142 Å². The fraction of sp³-hybridized carbons (Fsp3) is 0.412. The smallest absolute Gasteiger partial charge is 0.191 e. The summed E-state index contributed by atoms with van der Waals surface area (Å²) >= 11 is 5.99. The monoisotopic (exact) mass is 334 g/mol. The second-order valence-electron chi connectivity index (χ2n) is 5.55. The number of hydrogen-bond acceptors (Lipinski definition) is 3. The van der Waals surface area contributed by atoms with Crippen LogP contribution in [0.1, 0.15) is 43.7 Å². The Bertz CT molecular complexity index is 652. The Kier molecular flexibility index (Phi) is 6.47. The number of aromatic nitrogens is 1. The van der Waals surface area contributed by atoms with Crippen LogP contribution in [0, 0.1) is 0 Å². The normalized spacial score (nSPS) is 11.8. The van der Waals surface area contributed by atoms with Gasteiger partial charge in [0.1, 0.15) is 0 Å². The highest BCUT2D eigenvalue weighted by Gasteiger charge is 2.08. The van der Waals surface area contributed by atoms with Crippen molar-refractivity contribution in [3.8, 4) is 0 Å². The number of aliphatic imine (C=N–C) groups is 1. The fourth-order valence-corrected chi connectivity index (χ4v) is 2.22. The van der Waals surface area contributed by atoms with E-state index in [1.54, 1.807) is 0 Å². The third kappa shape index (κ3) is 5.60. The van der Waals surface area contributed by atoms with Gasteiger partial charge in [-0.3, -0.25) is 0 Å². The molecular weight excluding hydrogens is 312 g/mol. The maximum atomic E-state index is 5.99. The van der Waals surface area contributed by atoms with Crippen LogP contribution in [0.4, 0.5) is 0 Å². The van der Waals surface area contributed by atoms with Crippen molar-refractivity contribution in [1.82, 2.24) is 15.8 Å². The molecule has 0 bridgehead atoms. The highest BCUT2D eigenvalue weighted by Crippen LogP contribution is 2.14. The summed E-state index contributed by atoms with van der Waals surface area (Å²) in [5, 5.41) is 11.2. The van der Waals surface area contributed by atoms with Crippen molar-refractivity contribution in [2.75, 3.05) is 6.54 Å². The molecule has 5 nitrogen and oxygen atoms in total. The lowest BCUT2D eigenvalue weighted by molar-refractivity contribution is 0.372. The van der Waals surface area contributed by atoms with Crippen LogP contribution < -0.4 is 10.6 Å². The van der Waals surface area contributed by atoms with Gasteiger partial charge in [0.2, 0.25) is 0 Å². The zero-order chi connectivity index (χ0) is 16.7. The molecule has 0 spiro atoms. The van der Waals surface area contributed by atoms with Crippen molar-refractivity contribution in [3.05, 3.63) is 52.4 Å². The Morgan fingerprint density at radius 1 is 1.30 bits per heavy atom. The topological polar surface area (TPSA) is 62.5 Å². The number of benzene rings is 1. The summed E-state index contributed by atoms with van der Waals surface area (Å²) in [5.41, 5.74) is 2.03. The lowest BCUT2D eigenvalue weighted by atomic mass is 10.1. The van der Waals surface area contributed by atoms with E-state index in [0.717, 1.165) is 34.5 Å². The maximum absolute atomic E-state index is 5.99. The first-order valence-corrected chi connectivity index (χ1v) is 8.18. The van der Waals surface area contributed by atoms with Gasteiger partial charge in [0.25, 0.3) is 0 Å². The molecule has 0 saturated heterocycles. The molecule has 1 heterocycles. The minimum Gasteiger partial charge on any atom is -0.359 e. The fourth-order valence-electron chi connectivity index (χ4n) is 2.00. The van der Waals surface area contributed by atoms with Gasteiger partial charge < -0.3 is 15.2 Å². The quantitative estimate of drug-likeness (QED) is 0.624. The number of nitrogens with one attached hydrogen (secondary N) is 2. The molecule has 0 atom stereocenters. The molecule has 2 rings (SSSR count). The first kappa shape index (κ1) is 17.3. The highest BCUT2D eigenvalue weighted by molar-refractivity contribution is 6.30. The standard InChI is InChI=1S/C17H23ClN4O/c1-4-19-17(20-10-13-6-5-7-14(18)8-13)21-11-15-9-16(12(2)3)22-23-15/h5-9,12H,4,10-11H2,1-3H3,(H2,19,20,21). The van der Waals surface area contributed by atoms with Gasteiger partial charge in [0, 0.05) is 17.6 Å². The summed E-state index contributed by atoms with van der Waals surface area (Å²) in [6.07, 6.45) is 0. The van der Waals surface area contributed by atoms with E-state index in [4.69, 9.17) is 16.1 Å². The highest BCUT2D eigenvalue weighted by atomic mass is 35.5. The van der Waals surface area contributed by atoms with E-state index in [2.05, 4.69) is 34.6 Å². The largest absolute Gasteiger partial charge is 0.359 e. The van der Waals surface area contributed by atoms with Gasteiger partial charge in [-0.1, -0.05) is 42.7 Å². The van der Waals surface area contributed by atoms with E-state index in [1.807, 2.05) is 37.3 Å². The number of hydrogen-bond donors (Lipinski definition) is 2. The van der Waals surface area contributed by atoms with Crippen LogP contribution in [0.15, 0.2) is 39.8 Å². The molecule has 0 saturated carbocycles. The van der Waals surface area contributed by atoms with Crippen molar-refractivity contribution in [3.63, 3.8) is 0 Å². The lowest BCUT2D eigenvalue weighted by Gasteiger charge is -2.09. The van der Waals surface area contributed by atoms with Gasteiger partial charge in [0.05, 0.1) is 18.8 Å². The maximum Gasteiger partial charge on any atom is 0.191 e. The molecule has 1 aromatic carbocycles. The summed E-state index contributed by atoms with van der Waals surface area (Å²) in [5.74, 6) is 1.88. The number of nitrogens with zero attached hydrogens (tertiary/aromatic N) is 2. The molecule has 0 unspecified atom stereocenters. The molecule has 0 radical (unpaired) electrons. The molecule has 0 amide bonds. The first-order chi connectivity index (χ1) is 11.1. The van der Waals surface area contributed by atoms with E-state index in [1.165, 1.54) is 0 Å². The Hall–Kier alpha value is -2.01. The van der Waals surface area contributed by atoms with Crippen LogP contribution in [0.3, 0.4) is 0 Å². The molecule has 2 N–H and O–H groups in total. The number of halogens is 1. The number of rotatable bonds is 6. The molecule has 0 aliphatic carbocycles. The summed E-state index contributed by atoms with van der Waals surface area (Å²) in [4.78, 5) is 4.56. The van der Waals surface area contributed by atoms with Gasteiger partial charge in [-0.25, -0.2) is 4.99 Å². The van der Waals surface area contributed by atoms with Crippen LogP contribution >= 0.6 is 11.6 Å². The zero-order valence-corrected chi connectivity index (χ0v) is 14.5. The zero-order valence-electron chi connectivity index (χ0n) is 13.8. The van der Waals surface area contributed by atoms with E-state index in [9.17, 15) is 0 Å². The summed E-state index contributed by atoms with van der Waals surface area (Å²) < 4.78 is 5.32. The first-order valence-electron chi connectivity index (χ1n) is 7.80.